The summed E-state index contributed by atoms with van der Waals surface area (Å²) >= 11 is 12.1. The Labute approximate surface area is 197 Å². The van der Waals surface area contributed by atoms with Crippen molar-refractivity contribution in [2.45, 2.75) is 32.1 Å². The summed E-state index contributed by atoms with van der Waals surface area (Å²) in [6.07, 6.45) is 10.4. The number of halogens is 2. The minimum atomic E-state index is -0.0618. The maximum Gasteiger partial charge on any atom is 0.255 e. The van der Waals surface area contributed by atoms with E-state index in [4.69, 9.17) is 23.2 Å². The molecule has 1 fully saturated rings. The first-order valence-electron chi connectivity index (χ1n) is 11.0. The summed E-state index contributed by atoms with van der Waals surface area (Å²) in [5.41, 5.74) is 1.97. The fraction of sp³-hybridized carbons (Fsp3) is 0.375. The third kappa shape index (κ3) is 5.43. The van der Waals surface area contributed by atoms with E-state index in [1.54, 1.807) is 36.7 Å². The van der Waals surface area contributed by atoms with Crippen LogP contribution in [0.3, 0.4) is 0 Å². The van der Waals surface area contributed by atoms with Crippen molar-refractivity contribution in [1.29, 1.82) is 0 Å². The van der Waals surface area contributed by atoms with Gasteiger partial charge in [0.1, 0.15) is 5.65 Å². The molecule has 1 aliphatic heterocycles. The number of piperidine rings is 1. The fourth-order valence-electron chi connectivity index (χ4n) is 4.17. The highest BCUT2D eigenvalue weighted by Gasteiger charge is 2.24. The number of aromatic nitrogens is 2. The van der Waals surface area contributed by atoms with E-state index < -0.39 is 0 Å². The molecule has 0 radical (unpaired) electrons. The molecule has 32 heavy (non-hydrogen) atoms. The molecule has 8 heteroatoms. The molecule has 0 spiro atoms. The lowest BCUT2D eigenvalue weighted by Gasteiger charge is -2.32. The highest BCUT2D eigenvalue weighted by Crippen LogP contribution is 2.26. The van der Waals surface area contributed by atoms with E-state index in [1.807, 2.05) is 21.6 Å². The summed E-state index contributed by atoms with van der Waals surface area (Å²) in [5, 5.41) is 3.92. The van der Waals surface area contributed by atoms with Gasteiger partial charge in [-0.2, -0.15) is 0 Å². The van der Waals surface area contributed by atoms with Crippen LogP contribution in [0.1, 0.15) is 52.8 Å². The van der Waals surface area contributed by atoms with Gasteiger partial charge in [0, 0.05) is 43.2 Å². The quantitative estimate of drug-likeness (QED) is 0.486. The lowest BCUT2D eigenvalue weighted by molar-refractivity contribution is 0.0686. The van der Waals surface area contributed by atoms with E-state index >= 15 is 0 Å². The van der Waals surface area contributed by atoms with Crippen LogP contribution in [0.5, 0.6) is 0 Å². The number of carbonyl (C=O) groups excluding carboxylic acids is 2. The summed E-state index contributed by atoms with van der Waals surface area (Å²) < 4.78 is 1.84. The number of amides is 2. The largest absolute Gasteiger partial charge is 0.352 e. The summed E-state index contributed by atoms with van der Waals surface area (Å²) in [6, 6.07) is 8.64. The maximum atomic E-state index is 12.7. The van der Waals surface area contributed by atoms with Crippen molar-refractivity contribution in [1.82, 2.24) is 19.6 Å². The van der Waals surface area contributed by atoms with Crippen molar-refractivity contribution in [3.63, 3.8) is 0 Å². The van der Waals surface area contributed by atoms with E-state index in [0.29, 0.717) is 33.6 Å². The van der Waals surface area contributed by atoms with Gasteiger partial charge < -0.3 is 14.6 Å². The molecule has 3 heterocycles. The molecule has 1 aromatic carbocycles. The van der Waals surface area contributed by atoms with Crippen LogP contribution >= 0.6 is 23.2 Å². The zero-order chi connectivity index (χ0) is 22.5. The number of imidazole rings is 1. The molecule has 1 saturated heterocycles. The predicted octanol–water partition coefficient (Wildman–Crippen LogP) is 5.09. The Morgan fingerprint density at radius 2 is 1.91 bits per heavy atom. The number of fused-ring (bicyclic) bond motifs is 1. The summed E-state index contributed by atoms with van der Waals surface area (Å²) in [4.78, 5) is 31.1. The minimum absolute atomic E-state index is 0.0262. The average Bonchev–Trinajstić information content (AvgIpc) is 3.27. The molecular weight excluding hydrogens is 447 g/mol. The summed E-state index contributed by atoms with van der Waals surface area (Å²) in [6.45, 7) is 2.15. The third-order valence-electron chi connectivity index (χ3n) is 6.04. The highest BCUT2D eigenvalue weighted by molar-refractivity contribution is 6.36. The van der Waals surface area contributed by atoms with Crippen LogP contribution in [-0.4, -0.2) is 45.7 Å². The Kier molecular flexibility index (Phi) is 7.33. The molecule has 3 aromatic rings. The van der Waals surface area contributed by atoms with Gasteiger partial charge in [0.15, 0.2) is 0 Å². The zero-order valence-electron chi connectivity index (χ0n) is 17.8. The average molecular weight is 473 g/mol. The number of benzene rings is 1. The Hall–Kier alpha value is -2.57. The Balaban J connectivity index is 1.15. The van der Waals surface area contributed by atoms with Crippen molar-refractivity contribution in [3.8, 4) is 0 Å². The van der Waals surface area contributed by atoms with Crippen LogP contribution in [0.2, 0.25) is 10.0 Å². The highest BCUT2D eigenvalue weighted by atomic mass is 35.5. The molecule has 1 N–H and O–H groups in total. The number of nitrogens with zero attached hydrogens (tertiary/aromatic N) is 3. The lowest BCUT2D eigenvalue weighted by atomic mass is 9.91. The first-order chi connectivity index (χ1) is 15.5. The van der Waals surface area contributed by atoms with Gasteiger partial charge in [-0.05, 0) is 55.5 Å². The van der Waals surface area contributed by atoms with Crippen LogP contribution < -0.4 is 5.32 Å². The Bertz CT molecular complexity index is 1110. The molecular formula is C24H26Cl2N4O2. The van der Waals surface area contributed by atoms with Crippen molar-refractivity contribution in [3.05, 3.63) is 70.1 Å². The first kappa shape index (κ1) is 22.6. The van der Waals surface area contributed by atoms with Crippen LogP contribution in [0, 0.1) is 5.92 Å². The van der Waals surface area contributed by atoms with Gasteiger partial charge in [0.05, 0.1) is 16.1 Å². The normalized spacial score (nSPS) is 14.6. The van der Waals surface area contributed by atoms with Gasteiger partial charge in [0.2, 0.25) is 0 Å². The van der Waals surface area contributed by atoms with Gasteiger partial charge in [-0.15, -0.1) is 0 Å². The monoisotopic (exact) mass is 472 g/mol. The van der Waals surface area contributed by atoms with E-state index in [9.17, 15) is 9.59 Å². The van der Waals surface area contributed by atoms with E-state index in [2.05, 4.69) is 10.3 Å². The van der Waals surface area contributed by atoms with Crippen molar-refractivity contribution >= 4 is 40.7 Å². The van der Waals surface area contributed by atoms with Gasteiger partial charge >= 0.3 is 0 Å². The number of hydrogen-bond donors (Lipinski definition) is 1. The molecule has 2 aromatic heterocycles. The molecule has 1 aliphatic rings. The SMILES string of the molecule is O=C(NCCCCC1CCN(C(=O)c2ccc(Cl)cc2Cl)CC1)c1ccc2nccn2c1. The molecule has 2 amide bonds. The molecule has 6 nitrogen and oxygen atoms in total. The molecule has 168 valence electrons. The number of rotatable bonds is 7. The molecule has 0 aliphatic carbocycles. The van der Waals surface area contributed by atoms with E-state index in [1.165, 1.54) is 0 Å². The smallest absolute Gasteiger partial charge is 0.255 e. The second-order valence-electron chi connectivity index (χ2n) is 8.22. The molecule has 0 bridgehead atoms. The Morgan fingerprint density at radius 3 is 2.69 bits per heavy atom. The van der Waals surface area contributed by atoms with Crippen LogP contribution in [0.25, 0.3) is 5.65 Å². The maximum absolute atomic E-state index is 12.7. The van der Waals surface area contributed by atoms with Crippen molar-refractivity contribution < 1.29 is 9.59 Å². The number of carbonyl (C=O) groups is 2. The second-order valence-corrected chi connectivity index (χ2v) is 9.07. The summed E-state index contributed by atoms with van der Waals surface area (Å²) in [7, 11) is 0. The third-order valence-corrected chi connectivity index (χ3v) is 6.59. The molecule has 0 saturated carbocycles. The molecule has 4 rings (SSSR count). The van der Waals surface area contributed by atoms with Crippen LogP contribution in [0.15, 0.2) is 48.9 Å². The molecule has 0 unspecified atom stereocenters. The number of likely N-dealkylation sites (tertiary alicyclic amines) is 1. The van der Waals surface area contributed by atoms with Gasteiger partial charge in [-0.3, -0.25) is 9.59 Å². The van der Waals surface area contributed by atoms with Crippen molar-refractivity contribution in [2.75, 3.05) is 19.6 Å². The zero-order valence-corrected chi connectivity index (χ0v) is 19.3. The Morgan fingerprint density at radius 1 is 1.09 bits per heavy atom. The topological polar surface area (TPSA) is 66.7 Å². The first-order valence-corrected chi connectivity index (χ1v) is 11.7. The summed E-state index contributed by atoms with van der Waals surface area (Å²) in [5.74, 6) is 0.522. The van der Waals surface area contributed by atoms with E-state index in [0.717, 1.165) is 50.8 Å². The van der Waals surface area contributed by atoms with Crippen LogP contribution in [-0.2, 0) is 0 Å². The lowest BCUT2D eigenvalue weighted by Crippen LogP contribution is -2.38. The standard InChI is InChI=1S/C24H26Cl2N4O2/c25-19-5-6-20(21(26)15-19)24(32)29-12-8-17(9-13-29)3-1-2-10-28-23(31)18-4-7-22-27-11-14-30(22)16-18/h4-7,11,14-17H,1-3,8-10,12-13H2,(H,28,31). The number of hydrogen-bond acceptors (Lipinski definition) is 3. The number of nitrogens with one attached hydrogen (secondary N) is 1. The van der Waals surface area contributed by atoms with Crippen LogP contribution in [0.4, 0.5) is 0 Å². The van der Waals surface area contributed by atoms with E-state index in [-0.39, 0.29) is 11.8 Å². The molecule has 0 atom stereocenters. The van der Waals surface area contributed by atoms with Gasteiger partial charge in [0.25, 0.3) is 11.8 Å². The predicted molar refractivity (Wildman–Crippen MR) is 126 cm³/mol. The second kappa shape index (κ2) is 10.4. The minimum Gasteiger partial charge on any atom is -0.352 e. The van der Waals surface area contributed by atoms with Gasteiger partial charge in [-0.1, -0.05) is 36.0 Å². The number of pyridine rings is 1. The van der Waals surface area contributed by atoms with Gasteiger partial charge in [-0.25, -0.2) is 4.98 Å². The number of unbranched alkanes of at least 4 members (excludes halogenated alkanes) is 1. The van der Waals surface area contributed by atoms with Crippen molar-refractivity contribution in [2.24, 2.45) is 5.92 Å². The fourth-order valence-corrected chi connectivity index (χ4v) is 4.66.